The molecule has 29 heavy (non-hydrogen) atoms. The van der Waals surface area contributed by atoms with Gasteiger partial charge in [0.05, 0.1) is 10.0 Å². The number of benzene rings is 2. The van der Waals surface area contributed by atoms with E-state index in [1.807, 2.05) is 0 Å². The molecule has 1 saturated heterocycles. The van der Waals surface area contributed by atoms with E-state index in [4.69, 9.17) is 45.9 Å². The fourth-order valence-electron chi connectivity index (χ4n) is 3.04. The van der Waals surface area contributed by atoms with E-state index < -0.39 is 10.0 Å². The summed E-state index contributed by atoms with van der Waals surface area (Å²) >= 11 is 18.0. The van der Waals surface area contributed by atoms with Crippen molar-refractivity contribution in [3.63, 3.8) is 0 Å². The van der Waals surface area contributed by atoms with E-state index in [2.05, 4.69) is 0 Å². The van der Waals surface area contributed by atoms with Crippen LogP contribution in [0.5, 0.6) is 0 Å². The molecule has 1 aliphatic rings. The second kappa shape index (κ2) is 8.49. The van der Waals surface area contributed by atoms with Gasteiger partial charge in [0.15, 0.2) is 0 Å². The van der Waals surface area contributed by atoms with E-state index in [-0.39, 0.29) is 57.9 Å². The molecule has 0 spiro atoms. The van der Waals surface area contributed by atoms with E-state index in [9.17, 15) is 13.2 Å². The van der Waals surface area contributed by atoms with Crippen LogP contribution >= 0.6 is 34.8 Å². The Hall–Kier alpha value is -1.84. The first-order valence-corrected chi connectivity index (χ1v) is 11.1. The predicted octanol–water partition coefficient (Wildman–Crippen LogP) is 3.08. The van der Waals surface area contributed by atoms with E-state index in [0.717, 1.165) is 0 Å². The molecule has 0 saturated carbocycles. The summed E-state index contributed by atoms with van der Waals surface area (Å²) in [6, 6.07) is 9.11. The van der Waals surface area contributed by atoms with Crippen molar-refractivity contribution >= 4 is 56.6 Å². The largest absolute Gasteiger partial charge is 0.384 e. The number of piperazine rings is 1. The summed E-state index contributed by atoms with van der Waals surface area (Å²) in [4.78, 5) is 14.1. The van der Waals surface area contributed by atoms with Gasteiger partial charge in [-0.2, -0.15) is 4.31 Å². The van der Waals surface area contributed by atoms with E-state index in [1.165, 1.54) is 16.4 Å². The van der Waals surface area contributed by atoms with Crippen LogP contribution < -0.4 is 5.73 Å². The Morgan fingerprint density at radius 3 is 2.07 bits per heavy atom. The van der Waals surface area contributed by atoms with Gasteiger partial charge in [-0.3, -0.25) is 10.2 Å². The molecule has 1 fully saturated rings. The van der Waals surface area contributed by atoms with Crippen LogP contribution in [0.25, 0.3) is 0 Å². The summed E-state index contributed by atoms with van der Waals surface area (Å²) in [6.07, 6.45) is 0. The Bertz CT molecular complexity index is 1060. The van der Waals surface area contributed by atoms with Gasteiger partial charge in [0.25, 0.3) is 5.91 Å². The normalized spacial score (nSPS) is 15.3. The molecule has 2 aromatic carbocycles. The summed E-state index contributed by atoms with van der Waals surface area (Å²) in [5.41, 5.74) is 6.31. The van der Waals surface area contributed by atoms with Crippen LogP contribution in [0.4, 0.5) is 0 Å². The van der Waals surface area contributed by atoms with Gasteiger partial charge in [0.1, 0.15) is 10.7 Å². The monoisotopic (exact) mass is 474 g/mol. The first kappa shape index (κ1) is 21.9. The van der Waals surface area contributed by atoms with Gasteiger partial charge >= 0.3 is 0 Å². The van der Waals surface area contributed by atoms with Gasteiger partial charge in [-0.15, -0.1) is 0 Å². The Labute approximate surface area is 183 Å². The van der Waals surface area contributed by atoms with Crippen LogP contribution in [0.3, 0.4) is 0 Å². The number of amidine groups is 1. The zero-order valence-electron chi connectivity index (χ0n) is 15.0. The van der Waals surface area contributed by atoms with Crippen LogP contribution in [0.1, 0.15) is 15.9 Å². The maximum absolute atomic E-state index is 13.0. The number of sulfonamides is 1. The minimum atomic E-state index is -3.94. The summed E-state index contributed by atoms with van der Waals surface area (Å²) in [6.45, 7) is 0.585. The number of amides is 1. The zero-order valence-corrected chi connectivity index (χ0v) is 18.1. The van der Waals surface area contributed by atoms with E-state index in [0.29, 0.717) is 11.1 Å². The number of nitrogens with one attached hydrogen (secondary N) is 1. The van der Waals surface area contributed by atoms with Crippen molar-refractivity contribution in [1.29, 1.82) is 5.41 Å². The maximum atomic E-state index is 13.0. The number of hydrogen-bond donors (Lipinski definition) is 2. The molecule has 0 radical (unpaired) electrons. The van der Waals surface area contributed by atoms with Crippen molar-refractivity contribution in [2.75, 3.05) is 26.2 Å². The average molecular weight is 476 g/mol. The quantitative estimate of drug-likeness (QED) is 0.523. The molecule has 11 heteroatoms. The molecule has 2 aromatic rings. The van der Waals surface area contributed by atoms with Gasteiger partial charge in [-0.25, -0.2) is 8.42 Å². The lowest BCUT2D eigenvalue weighted by molar-refractivity contribution is 0.0698. The first-order chi connectivity index (χ1) is 13.6. The highest BCUT2D eigenvalue weighted by molar-refractivity contribution is 7.89. The lowest BCUT2D eigenvalue weighted by Crippen LogP contribution is -2.50. The smallest absolute Gasteiger partial charge is 0.253 e. The third-order valence-corrected chi connectivity index (χ3v) is 7.55. The van der Waals surface area contributed by atoms with Crippen LogP contribution in [-0.2, 0) is 10.0 Å². The first-order valence-electron chi connectivity index (χ1n) is 8.49. The average Bonchev–Trinajstić information content (AvgIpc) is 2.66. The standard InChI is InChI=1S/C18H17Cl3N4O3S/c19-13-9-14(20)16(15(21)10-13)29(27,28)25-6-4-24(5-7-25)18(26)12-3-1-2-11(8-12)17(22)23/h1-3,8-10H,4-7H2,(H3,22,23). The molecule has 0 aromatic heterocycles. The predicted molar refractivity (Wildman–Crippen MR) is 114 cm³/mol. The third-order valence-electron chi connectivity index (χ3n) is 4.51. The van der Waals surface area contributed by atoms with Crippen molar-refractivity contribution < 1.29 is 13.2 Å². The van der Waals surface area contributed by atoms with Crippen LogP contribution in [-0.4, -0.2) is 55.5 Å². The fraction of sp³-hybridized carbons (Fsp3) is 0.222. The van der Waals surface area contributed by atoms with Gasteiger partial charge in [-0.05, 0) is 24.3 Å². The summed E-state index contributed by atoms with van der Waals surface area (Å²) < 4.78 is 27.2. The Morgan fingerprint density at radius 2 is 1.52 bits per heavy atom. The molecular weight excluding hydrogens is 459 g/mol. The van der Waals surface area contributed by atoms with Gasteiger partial charge in [-0.1, -0.05) is 46.9 Å². The Kier molecular flexibility index (Phi) is 6.40. The number of hydrogen-bond acceptors (Lipinski definition) is 4. The molecule has 1 heterocycles. The Balaban J connectivity index is 1.76. The zero-order chi connectivity index (χ0) is 21.3. The third kappa shape index (κ3) is 4.51. The van der Waals surface area contributed by atoms with Crippen LogP contribution in [0, 0.1) is 5.41 Å². The lowest BCUT2D eigenvalue weighted by atomic mass is 10.1. The molecule has 0 unspecified atom stereocenters. The molecule has 1 amide bonds. The van der Waals surface area contributed by atoms with Crippen molar-refractivity contribution in [3.05, 3.63) is 62.6 Å². The minimum absolute atomic E-state index is 0.0537. The number of carbonyl (C=O) groups is 1. The SMILES string of the molecule is N=C(N)c1cccc(C(=O)N2CCN(S(=O)(=O)c3c(Cl)cc(Cl)cc3Cl)CC2)c1. The van der Waals surface area contributed by atoms with Gasteiger partial charge < -0.3 is 10.6 Å². The fourth-order valence-corrected chi connectivity index (χ4v) is 5.95. The molecule has 0 aliphatic carbocycles. The number of carbonyl (C=O) groups excluding carboxylic acids is 1. The molecule has 7 nitrogen and oxygen atoms in total. The lowest BCUT2D eigenvalue weighted by Gasteiger charge is -2.34. The molecule has 0 bridgehead atoms. The van der Waals surface area contributed by atoms with Gasteiger partial charge in [0, 0.05) is 42.3 Å². The highest BCUT2D eigenvalue weighted by Crippen LogP contribution is 2.34. The maximum Gasteiger partial charge on any atom is 0.253 e. The molecule has 0 atom stereocenters. The molecule has 154 valence electrons. The number of nitrogens with zero attached hydrogens (tertiary/aromatic N) is 2. The number of nitrogens with two attached hydrogens (primary N) is 1. The van der Waals surface area contributed by atoms with Crippen molar-refractivity contribution in [1.82, 2.24) is 9.21 Å². The van der Waals surface area contributed by atoms with Crippen molar-refractivity contribution in [2.45, 2.75) is 4.90 Å². The molecule has 1 aliphatic heterocycles. The highest BCUT2D eigenvalue weighted by atomic mass is 35.5. The Morgan fingerprint density at radius 1 is 0.966 bits per heavy atom. The summed E-state index contributed by atoms with van der Waals surface area (Å²) in [5.74, 6) is -0.389. The summed E-state index contributed by atoms with van der Waals surface area (Å²) in [5, 5.41) is 7.62. The second-order valence-electron chi connectivity index (χ2n) is 6.39. The van der Waals surface area contributed by atoms with Crippen molar-refractivity contribution in [2.24, 2.45) is 5.73 Å². The molecule has 3 N–H and O–H groups in total. The number of rotatable bonds is 4. The second-order valence-corrected chi connectivity index (χ2v) is 9.51. The molecular formula is C18H17Cl3N4O3S. The summed E-state index contributed by atoms with van der Waals surface area (Å²) in [7, 11) is -3.94. The minimum Gasteiger partial charge on any atom is -0.384 e. The van der Waals surface area contributed by atoms with Crippen LogP contribution in [0.2, 0.25) is 15.1 Å². The number of halogens is 3. The number of nitrogen functional groups attached to an aromatic ring is 1. The van der Waals surface area contributed by atoms with Gasteiger partial charge in [0.2, 0.25) is 10.0 Å². The van der Waals surface area contributed by atoms with E-state index in [1.54, 1.807) is 29.2 Å². The topological polar surface area (TPSA) is 108 Å². The van der Waals surface area contributed by atoms with Crippen LogP contribution in [0.15, 0.2) is 41.3 Å². The highest BCUT2D eigenvalue weighted by Gasteiger charge is 2.33. The van der Waals surface area contributed by atoms with Crippen molar-refractivity contribution in [3.8, 4) is 0 Å². The van der Waals surface area contributed by atoms with E-state index >= 15 is 0 Å². The molecule has 3 rings (SSSR count).